The van der Waals surface area contributed by atoms with Crippen molar-refractivity contribution in [2.45, 2.75) is 26.2 Å². The molecule has 0 saturated heterocycles. The first kappa shape index (κ1) is 13.9. The number of phenols is 1. The molecule has 0 aliphatic rings. The lowest BCUT2D eigenvalue weighted by Gasteiger charge is -2.06. The van der Waals surface area contributed by atoms with Crippen LogP contribution in [0.3, 0.4) is 0 Å². The Morgan fingerprint density at radius 2 is 2.05 bits per heavy atom. The van der Waals surface area contributed by atoms with E-state index in [-0.39, 0.29) is 5.75 Å². The van der Waals surface area contributed by atoms with Gasteiger partial charge in [-0.05, 0) is 54.8 Å². The van der Waals surface area contributed by atoms with Crippen LogP contribution in [0.4, 0.5) is 5.69 Å². The van der Waals surface area contributed by atoms with Crippen molar-refractivity contribution < 1.29 is 5.11 Å². The minimum atomic E-state index is 0.277. The predicted molar refractivity (Wildman–Crippen MR) is 89.7 cm³/mol. The zero-order valence-electron chi connectivity index (χ0n) is 12.0. The number of fused-ring (bicyclic) bond motifs is 1. The van der Waals surface area contributed by atoms with Gasteiger partial charge in [0.15, 0.2) is 0 Å². The average molecular weight is 298 g/mol. The molecule has 2 aromatic carbocycles. The highest BCUT2D eigenvalue weighted by molar-refractivity contribution is 7.21. The molecule has 0 aliphatic carbocycles. The summed E-state index contributed by atoms with van der Waals surface area (Å²) >= 11 is 1.59. The third kappa shape index (κ3) is 2.85. The van der Waals surface area contributed by atoms with Crippen molar-refractivity contribution in [2.75, 3.05) is 5.73 Å². The van der Waals surface area contributed by atoms with E-state index in [0.29, 0.717) is 0 Å². The van der Waals surface area contributed by atoms with Crippen LogP contribution >= 0.6 is 11.3 Å². The van der Waals surface area contributed by atoms with E-state index < -0.39 is 0 Å². The number of anilines is 1. The Bertz CT molecular complexity index is 780. The maximum absolute atomic E-state index is 9.55. The van der Waals surface area contributed by atoms with Crippen LogP contribution in [-0.4, -0.2) is 10.1 Å². The van der Waals surface area contributed by atoms with Gasteiger partial charge in [0.05, 0.1) is 10.2 Å². The van der Waals surface area contributed by atoms with E-state index in [4.69, 9.17) is 5.73 Å². The number of nitrogens with zero attached hydrogens (tertiary/aromatic N) is 1. The lowest BCUT2D eigenvalue weighted by Crippen LogP contribution is -1.95. The molecule has 0 atom stereocenters. The lowest BCUT2D eigenvalue weighted by molar-refractivity contribution is 0.476. The summed E-state index contributed by atoms with van der Waals surface area (Å²) in [5.74, 6) is 0.277. The molecular formula is C17H18N2OS. The van der Waals surface area contributed by atoms with Crippen molar-refractivity contribution in [3.8, 4) is 16.3 Å². The fraction of sp³-hybridized carbons (Fsp3) is 0.235. The first-order valence-corrected chi connectivity index (χ1v) is 7.97. The Morgan fingerprint density at radius 3 is 2.86 bits per heavy atom. The highest BCUT2D eigenvalue weighted by Crippen LogP contribution is 2.33. The molecule has 0 spiro atoms. The second kappa shape index (κ2) is 5.74. The Balaban J connectivity index is 2.01. The summed E-state index contributed by atoms with van der Waals surface area (Å²) in [6, 6.07) is 11.4. The van der Waals surface area contributed by atoms with E-state index in [9.17, 15) is 5.11 Å². The van der Waals surface area contributed by atoms with Gasteiger partial charge >= 0.3 is 0 Å². The summed E-state index contributed by atoms with van der Waals surface area (Å²) in [5, 5.41) is 10.5. The number of hydrogen-bond acceptors (Lipinski definition) is 4. The van der Waals surface area contributed by atoms with Gasteiger partial charge in [-0.25, -0.2) is 4.98 Å². The Labute approximate surface area is 128 Å². The number of unbranched alkanes of at least 4 members (excludes halogenated alkanes) is 1. The number of hydrogen-bond donors (Lipinski definition) is 2. The van der Waals surface area contributed by atoms with Gasteiger partial charge in [-0.1, -0.05) is 13.3 Å². The van der Waals surface area contributed by atoms with Gasteiger partial charge < -0.3 is 10.8 Å². The molecule has 3 nitrogen and oxygen atoms in total. The molecule has 0 fully saturated rings. The molecule has 1 heterocycles. The van der Waals surface area contributed by atoms with Crippen LogP contribution < -0.4 is 5.73 Å². The van der Waals surface area contributed by atoms with Crippen LogP contribution in [0, 0.1) is 0 Å². The third-order valence-electron chi connectivity index (χ3n) is 3.56. The maximum atomic E-state index is 9.55. The molecule has 0 amide bonds. The van der Waals surface area contributed by atoms with E-state index in [1.807, 2.05) is 18.2 Å². The van der Waals surface area contributed by atoms with Gasteiger partial charge in [-0.2, -0.15) is 0 Å². The molecule has 1 aromatic heterocycles. The largest absolute Gasteiger partial charge is 0.508 e. The van der Waals surface area contributed by atoms with Crippen molar-refractivity contribution in [1.82, 2.24) is 4.98 Å². The molecule has 0 bridgehead atoms. The normalized spacial score (nSPS) is 11.1. The van der Waals surface area contributed by atoms with Crippen LogP contribution in [-0.2, 0) is 6.42 Å². The number of aryl methyl sites for hydroxylation is 1. The number of thiazole rings is 1. The van der Waals surface area contributed by atoms with Gasteiger partial charge in [0.25, 0.3) is 0 Å². The predicted octanol–water partition coefficient (Wildman–Crippen LogP) is 4.59. The molecule has 21 heavy (non-hydrogen) atoms. The average Bonchev–Trinajstić information content (AvgIpc) is 2.89. The summed E-state index contributed by atoms with van der Waals surface area (Å²) in [4.78, 5) is 4.64. The molecule has 3 rings (SSSR count). The SMILES string of the molecule is CCCCc1cc(-c2nc3ccc(O)cc3s2)ccc1N. The van der Waals surface area contributed by atoms with Crippen LogP contribution in [0.1, 0.15) is 25.3 Å². The van der Waals surface area contributed by atoms with Gasteiger partial charge in [-0.3, -0.25) is 0 Å². The van der Waals surface area contributed by atoms with Crippen LogP contribution in [0.25, 0.3) is 20.8 Å². The first-order valence-electron chi connectivity index (χ1n) is 7.15. The Kier molecular flexibility index (Phi) is 3.80. The summed E-state index contributed by atoms with van der Waals surface area (Å²) in [6.45, 7) is 2.18. The van der Waals surface area contributed by atoms with E-state index in [1.165, 1.54) is 5.56 Å². The number of aromatic hydroxyl groups is 1. The van der Waals surface area contributed by atoms with Gasteiger partial charge in [0, 0.05) is 11.3 Å². The monoisotopic (exact) mass is 298 g/mol. The number of nitrogens with two attached hydrogens (primary N) is 1. The molecule has 0 unspecified atom stereocenters. The zero-order valence-corrected chi connectivity index (χ0v) is 12.8. The Morgan fingerprint density at radius 1 is 1.19 bits per heavy atom. The minimum Gasteiger partial charge on any atom is -0.508 e. The minimum absolute atomic E-state index is 0.277. The van der Waals surface area contributed by atoms with Gasteiger partial charge in [0.1, 0.15) is 10.8 Å². The van der Waals surface area contributed by atoms with Crippen LogP contribution in [0.15, 0.2) is 36.4 Å². The van der Waals surface area contributed by atoms with Crippen molar-refractivity contribution in [3.05, 3.63) is 42.0 Å². The number of nitrogen functional groups attached to an aromatic ring is 1. The van der Waals surface area contributed by atoms with Crippen molar-refractivity contribution in [3.63, 3.8) is 0 Å². The van der Waals surface area contributed by atoms with E-state index in [0.717, 1.165) is 45.7 Å². The number of phenolic OH excluding ortho intramolecular Hbond substituents is 1. The summed E-state index contributed by atoms with van der Waals surface area (Å²) in [7, 11) is 0. The summed E-state index contributed by atoms with van der Waals surface area (Å²) in [6.07, 6.45) is 3.30. The lowest BCUT2D eigenvalue weighted by atomic mass is 10.0. The molecule has 108 valence electrons. The van der Waals surface area contributed by atoms with Crippen molar-refractivity contribution in [2.24, 2.45) is 0 Å². The van der Waals surface area contributed by atoms with Crippen molar-refractivity contribution >= 4 is 27.2 Å². The quantitative estimate of drug-likeness (QED) is 0.692. The van der Waals surface area contributed by atoms with E-state index in [2.05, 4.69) is 18.0 Å². The molecule has 0 aliphatic heterocycles. The molecule has 0 saturated carbocycles. The molecular weight excluding hydrogens is 280 g/mol. The highest BCUT2D eigenvalue weighted by atomic mass is 32.1. The fourth-order valence-corrected chi connectivity index (χ4v) is 3.35. The maximum Gasteiger partial charge on any atom is 0.124 e. The standard InChI is InChI=1S/C17H18N2OS/c1-2-3-4-11-9-12(5-7-14(11)18)17-19-15-8-6-13(20)10-16(15)21-17/h5-10,20H,2-4,18H2,1H3. The summed E-state index contributed by atoms with van der Waals surface area (Å²) < 4.78 is 0.997. The smallest absolute Gasteiger partial charge is 0.124 e. The fourth-order valence-electron chi connectivity index (χ4n) is 2.36. The Hall–Kier alpha value is -2.07. The van der Waals surface area contributed by atoms with Crippen molar-refractivity contribution in [1.29, 1.82) is 0 Å². The number of benzene rings is 2. The van der Waals surface area contributed by atoms with Crippen LogP contribution in [0.2, 0.25) is 0 Å². The zero-order chi connectivity index (χ0) is 14.8. The second-order valence-corrected chi connectivity index (χ2v) is 6.22. The van der Waals surface area contributed by atoms with Crippen LogP contribution in [0.5, 0.6) is 5.75 Å². The molecule has 4 heteroatoms. The van der Waals surface area contributed by atoms with Gasteiger partial charge in [-0.15, -0.1) is 11.3 Å². The first-order chi connectivity index (χ1) is 10.2. The molecule has 0 radical (unpaired) electrons. The third-order valence-corrected chi connectivity index (χ3v) is 4.63. The van der Waals surface area contributed by atoms with E-state index >= 15 is 0 Å². The van der Waals surface area contributed by atoms with E-state index in [1.54, 1.807) is 23.5 Å². The molecule has 3 N–H and O–H groups in total. The molecule has 3 aromatic rings. The number of aromatic nitrogens is 1. The summed E-state index contributed by atoms with van der Waals surface area (Å²) in [5.41, 5.74) is 10.1. The highest BCUT2D eigenvalue weighted by Gasteiger charge is 2.09. The number of rotatable bonds is 4. The second-order valence-electron chi connectivity index (χ2n) is 5.19. The topological polar surface area (TPSA) is 59.1 Å². The van der Waals surface area contributed by atoms with Gasteiger partial charge in [0.2, 0.25) is 0 Å².